The SMILES string of the molecule is Cn1c(=NN2C(=O)c3cccc4c(N=Cc5cc[n+](CCO)cc5)ccc(c34)C2=O)sc2ccccc21. The minimum atomic E-state index is -0.460. The average molecular weight is 509 g/mol. The number of aliphatic imine (C=N–C) groups is 1. The van der Waals surface area contributed by atoms with Gasteiger partial charge in [0, 0.05) is 41.7 Å². The smallest absolute Gasteiger partial charge is 0.282 e. The number of benzene rings is 3. The Morgan fingerprint density at radius 1 is 0.946 bits per heavy atom. The van der Waals surface area contributed by atoms with E-state index < -0.39 is 11.8 Å². The summed E-state index contributed by atoms with van der Waals surface area (Å²) < 4.78 is 4.78. The Hall–Kier alpha value is -4.47. The van der Waals surface area contributed by atoms with Crippen molar-refractivity contribution in [2.45, 2.75) is 6.54 Å². The number of fused-ring (bicyclic) bond motifs is 1. The van der Waals surface area contributed by atoms with Gasteiger partial charge in [-0.2, -0.15) is 5.01 Å². The van der Waals surface area contributed by atoms with Crippen molar-refractivity contribution in [3.8, 4) is 0 Å². The lowest BCUT2D eigenvalue weighted by Gasteiger charge is -2.23. The number of pyridine rings is 1. The Morgan fingerprint density at radius 2 is 1.70 bits per heavy atom. The molecule has 1 aliphatic heterocycles. The Morgan fingerprint density at radius 3 is 2.46 bits per heavy atom. The van der Waals surface area contributed by atoms with Crippen LogP contribution in [0.1, 0.15) is 26.3 Å². The third-order valence-electron chi connectivity index (χ3n) is 6.39. The van der Waals surface area contributed by atoms with Gasteiger partial charge >= 0.3 is 0 Å². The van der Waals surface area contributed by atoms with E-state index in [0.717, 1.165) is 26.2 Å². The normalized spacial score (nSPS) is 14.0. The number of nitrogens with zero attached hydrogens (tertiary/aromatic N) is 5. The van der Waals surface area contributed by atoms with Crippen molar-refractivity contribution in [1.29, 1.82) is 0 Å². The van der Waals surface area contributed by atoms with E-state index in [0.29, 0.717) is 33.5 Å². The van der Waals surface area contributed by atoms with Crippen molar-refractivity contribution >= 4 is 56.0 Å². The summed E-state index contributed by atoms with van der Waals surface area (Å²) in [7, 11) is 1.87. The van der Waals surface area contributed by atoms with Gasteiger partial charge in [0.15, 0.2) is 18.9 Å². The second kappa shape index (κ2) is 9.20. The Labute approximate surface area is 215 Å². The molecule has 6 rings (SSSR count). The highest BCUT2D eigenvalue weighted by molar-refractivity contribution is 7.16. The zero-order valence-corrected chi connectivity index (χ0v) is 20.7. The standard InChI is InChI=1S/C28H22N5O3S/c1-31-23-7-2-3-8-24(23)37-28(31)30-33-26(35)20-6-4-5-19-22(10-9-21(25(19)20)27(33)36)29-17-18-11-13-32(14-12-18)15-16-34/h2-14,17,34H,15-16H2,1H3/q+1. The van der Waals surface area contributed by atoms with Crippen LogP contribution < -0.4 is 9.37 Å². The van der Waals surface area contributed by atoms with Gasteiger partial charge in [0.25, 0.3) is 11.8 Å². The zero-order chi connectivity index (χ0) is 25.5. The predicted molar refractivity (Wildman–Crippen MR) is 142 cm³/mol. The van der Waals surface area contributed by atoms with Crippen molar-refractivity contribution in [1.82, 2.24) is 9.58 Å². The lowest BCUT2D eigenvalue weighted by Crippen LogP contribution is -2.38. The first-order valence-corrected chi connectivity index (χ1v) is 12.5. The molecule has 0 saturated heterocycles. The maximum atomic E-state index is 13.5. The van der Waals surface area contributed by atoms with Crippen LogP contribution >= 0.6 is 11.3 Å². The van der Waals surface area contributed by atoms with Crippen LogP contribution in [0.3, 0.4) is 0 Å². The van der Waals surface area contributed by atoms with Crippen LogP contribution in [0.4, 0.5) is 5.69 Å². The first-order chi connectivity index (χ1) is 18.0. The molecule has 0 aliphatic carbocycles. The zero-order valence-electron chi connectivity index (χ0n) is 19.9. The van der Waals surface area contributed by atoms with Crippen molar-refractivity contribution in [2.75, 3.05) is 6.61 Å². The van der Waals surface area contributed by atoms with Gasteiger partial charge in [0.2, 0.25) is 4.80 Å². The molecule has 0 bridgehead atoms. The highest BCUT2D eigenvalue weighted by Gasteiger charge is 2.33. The first-order valence-electron chi connectivity index (χ1n) is 11.7. The number of hydrogen-bond donors (Lipinski definition) is 1. The Kier molecular flexibility index (Phi) is 5.71. The van der Waals surface area contributed by atoms with Gasteiger partial charge in [-0.1, -0.05) is 35.6 Å². The molecule has 5 aromatic rings. The van der Waals surface area contributed by atoms with Crippen LogP contribution in [0.25, 0.3) is 21.0 Å². The van der Waals surface area contributed by atoms with Crippen LogP contribution in [-0.4, -0.2) is 39.3 Å². The summed E-state index contributed by atoms with van der Waals surface area (Å²) in [6.07, 6.45) is 5.49. The van der Waals surface area contributed by atoms with E-state index in [1.807, 2.05) is 71.0 Å². The molecule has 3 heterocycles. The maximum absolute atomic E-state index is 13.5. The van der Waals surface area contributed by atoms with Crippen LogP contribution in [0.5, 0.6) is 0 Å². The van der Waals surface area contributed by atoms with E-state index in [1.54, 1.807) is 30.5 Å². The quantitative estimate of drug-likeness (QED) is 0.224. The van der Waals surface area contributed by atoms with Crippen molar-refractivity contribution in [2.24, 2.45) is 17.1 Å². The molecular weight excluding hydrogens is 486 g/mol. The van der Waals surface area contributed by atoms with E-state index in [-0.39, 0.29) is 6.61 Å². The lowest BCUT2D eigenvalue weighted by atomic mass is 9.94. The summed E-state index contributed by atoms with van der Waals surface area (Å²) in [6.45, 7) is 0.599. The molecule has 0 spiro atoms. The number of carbonyl (C=O) groups is 2. The predicted octanol–water partition coefficient (Wildman–Crippen LogP) is 3.54. The molecule has 8 nitrogen and oxygen atoms in total. The number of thiazole rings is 1. The fourth-order valence-electron chi connectivity index (χ4n) is 4.50. The molecule has 9 heteroatoms. The van der Waals surface area contributed by atoms with Crippen LogP contribution in [-0.2, 0) is 13.6 Å². The number of hydrogen-bond acceptors (Lipinski definition) is 6. The minimum absolute atomic E-state index is 0.0729. The second-order valence-corrected chi connectivity index (χ2v) is 9.65. The van der Waals surface area contributed by atoms with Gasteiger partial charge in [-0.15, -0.1) is 5.10 Å². The van der Waals surface area contributed by atoms with Crippen molar-refractivity contribution in [3.05, 3.63) is 101 Å². The van der Waals surface area contributed by atoms with Crippen molar-refractivity contribution in [3.63, 3.8) is 0 Å². The van der Waals surface area contributed by atoms with Crippen LogP contribution in [0.15, 0.2) is 89.2 Å². The van der Waals surface area contributed by atoms with E-state index in [1.165, 1.54) is 11.3 Å². The number of aliphatic hydroxyl groups excluding tert-OH is 1. The monoisotopic (exact) mass is 508 g/mol. The number of imide groups is 1. The van der Waals surface area contributed by atoms with Crippen LogP contribution in [0.2, 0.25) is 0 Å². The second-order valence-electron chi connectivity index (χ2n) is 8.64. The highest BCUT2D eigenvalue weighted by atomic mass is 32.1. The molecule has 0 unspecified atom stereocenters. The molecule has 1 N–H and O–H groups in total. The largest absolute Gasteiger partial charge is 0.390 e. The van der Waals surface area contributed by atoms with Gasteiger partial charge in [0.05, 0.1) is 27.0 Å². The molecule has 0 radical (unpaired) electrons. The number of carbonyl (C=O) groups excluding carboxylic acids is 2. The summed E-state index contributed by atoms with van der Waals surface area (Å²) in [4.78, 5) is 32.1. The minimum Gasteiger partial charge on any atom is -0.390 e. The number of aliphatic hydroxyl groups is 1. The molecule has 3 aromatic carbocycles. The molecule has 0 saturated carbocycles. The number of rotatable bonds is 5. The molecule has 2 amide bonds. The fraction of sp³-hybridized carbons (Fsp3) is 0.107. The first kappa shape index (κ1) is 23.0. The third kappa shape index (κ3) is 3.94. The summed E-state index contributed by atoms with van der Waals surface area (Å²) in [5, 5.41) is 15.9. The summed E-state index contributed by atoms with van der Waals surface area (Å²) >= 11 is 1.42. The van der Waals surface area contributed by atoms with E-state index in [4.69, 9.17) is 5.11 Å². The number of amides is 2. The third-order valence-corrected chi connectivity index (χ3v) is 7.49. The van der Waals surface area contributed by atoms with Gasteiger partial charge in [-0.3, -0.25) is 14.6 Å². The topological polar surface area (TPSA) is 91.1 Å². The van der Waals surface area contributed by atoms with E-state index in [2.05, 4.69) is 10.1 Å². The molecular formula is C28H22N5O3S+. The molecule has 0 atom stereocenters. The van der Waals surface area contributed by atoms with Gasteiger partial charge in [0.1, 0.15) is 6.61 Å². The summed E-state index contributed by atoms with van der Waals surface area (Å²) in [5.74, 6) is -0.920. The van der Waals surface area contributed by atoms with Gasteiger partial charge < -0.3 is 9.67 Å². The average Bonchev–Trinajstić information content (AvgIpc) is 3.24. The molecule has 1 aliphatic rings. The molecule has 182 valence electrons. The molecule has 0 fully saturated rings. The van der Waals surface area contributed by atoms with Crippen molar-refractivity contribution < 1.29 is 19.3 Å². The molecule has 37 heavy (non-hydrogen) atoms. The number of aromatic nitrogens is 2. The van der Waals surface area contributed by atoms with Gasteiger partial charge in [-0.05, 0) is 30.3 Å². The Balaban J connectivity index is 1.40. The summed E-state index contributed by atoms with van der Waals surface area (Å²) in [5.41, 5.74) is 3.37. The number of para-hydroxylation sites is 1. The van der Waals surface area contributed by atoms with Gasteiger partial charge in [-0.25, -0.2) is 4.57 Å². The lowest BCUT2D eigenvalue weighted by molar-refractivity contribution is -0.698. The van der Waals surface area contributed by atoms with Crippen LogP contribution in [0, 0.1) is 0 Å². The Bertz CT molecular complexity index is 1780. The summed E-state index contributed by atoms with van der Waals surface area (Å²) in [6, 6.07) is 20.6. The highest BCUT2D eigenvalue weighted by Crippen LogP contribution is 2.35. The molecule has 2 aromatic heterocycles. The number of aryl methyl sites for hydroxylation is 1. The van der Waals surface area contributed by atoms with E-state index >= 15 is 0 Å². The van der Waals surface area contributed by atoms with E-state index in [9.17, 15) is 9.59 Å². The fourth-order valence-corrected chi connectivity index (χ4v) is 5.51. The maximum Gasteiger partial charge on any atom is 0.282 e.